The van der Waals surface area contributed by atoms with Crippen LogP contribution in [0.25, 0.3) is 0 Å². The van der Waals surface area contributed by atoms with Gasteiger partial charge in [0.05, 0.1) is 12.1 Å². The zero-order chi connectivity index (χ0) is 13.0. The molecule has 0 saturated carbocycles. The van der Waals surface area contributed by atoms with Crippen LogP contribution in [0.15, 0.2) is 18.3 Å². The second-order valence-corrected chi connectivity index (χ2v) is 4.83. The molecule has 106 valence electrons. The van der Waals surface area contributed by atoms with Gasteiger partial charge in [-0.2, -0.15) is 0 Å². The predicted molar refractivity (Wildman–Crippen MR) is 77.0 cm³/mol. The first-order chi connectivity index (χ1) is 8.69. The first-order valence-corrected chi connectivity index (χ1v) is 6.62. The Balaban J connectivity index is 0.00000180. The quantitative estimate of drug-likeness (QED) is 0.636. The summed E-state index contributed by atoms with van der Waals surface area (Å²) >= 11 is 5.67. The van der Waals surface area contributed by atoms with Crippen LogP contribution >= 0.6 is 24.0 Å². The molecule has 0 atom stereocenters. The maximum atomic E-state index is 11.9. The molecule has 1 fully saturated rings. The van der Waals surface area contributed by atoms with Gasteiger partial charge in [-0.15, -0.1) is 12.4 Å². The Hall–Kier alpha value is -0.840. The summed E-state index contributed by atoms with van der Waals surface area (Å²) in [7, 11) is 0. The van der Waals surface area contributed by atoms with E-state index in [1.54, 1.807) is 12.1 Å². The summed E-state index contributed by atoms with van der Waals surface area (Å²) in [4.78, 5) is 18.2. The fraction of sp³-hybridized carbons (Fsp3) is 0.538. The van der Waals surface area contributed by atoms with Gasteiger partial charge in [-0.05, 0) is 44.6 Å². The number of esters is 1. The standard InChI is InChI=1S/C13H17ClN2O2.ClH/c1-2-16-7-5-10(6-8-16)13(17)18-11-3-4-12(14)15-9-11;/h3-4,9-10H,2,5-8H2,1H3;1H. The number of carbonyl (C=O) groups is 1. The van der Waals surface area contributed by atoms with Crippen molar-refractivity contribution in [2.24, 2.45) is 5.92 Å². The van der Waals surface area contributed by atoms with Crippen LogP contribution in [0.2, 0.25) is 5.15 Å². The second-order valence-electron chi connectivity index (χ2n) is 4.45. The minimum atomic E-state index is -0.158. The monoisotopic (exact) mass is 304 g/mol. The Kier molecular flexibility index (Phi) is 6.55. The number of likely N-dealkylation sites (tertiary alicyclic amines) is 1. The molecule has 1 aliphatic heterocycles. The van der Waals surface area contributed by atoms with Gasteiger partial charge < -0.3 is 9.64 Å². The summed E-state index contributed by atoms with van der Waals surface area (Å²) in [5.41, 5.74) is 0. The van der Waals surface area contributed by atoms with E-state index in [0.29, 0.717) is 10.9 Å². The highest BCUT2D eigenvalue weighted by Gasteiger charge is 2.25. The lowest BCUT2D eigenvalue weighted by Gasteiger charge is -2.29. The van der Waals surface area contributed by atoms with Gasteiger partial charge in [0, 0.05) is 0 Å². The van der Waals surface area contributed by atoms with Gasteiger partial charge in [0.25, 0.3) is 0 Å². The van der Waals surface area contributed by atoms with Crippen LogP contribution in [0.5, 0.6) is 5.75 Å². The minimum absolute atomic E-state index is 0. The normalized spacial score (nSPS) is 16.7. The average Bonchev–Trinajstić information content (AvgIpc) is 2.41. The maximum Gasteiger partial charge on any atom is 0.314 e. The lowest BCUT2D eigenvalue weighted by atomic mass is 9.97. The first kappa shape index (κ1) is 16.2. The number of rotatable bonds is 3. The lowest BCUT2D eigenvalue weighted by Crippen LogP contribution is -2.37. The minimum Gasteiger partial charge on any atom is -0.425 e. The van der Waals surface area contributed by atoms with E-state index in [0.717, 1.165) is 32.5 Å². The molecule has 2 heterocycles. The molecular weight excluding hydrogens is 287 g/mol. The van der Waals surface area contributed by atoms with Crippen LogP contribution in [0.4, 0.5) is 0 Å². The van der Waals surface area contributed by atoms with Gasteiger partial charge in [0.15, 0.2) is 0 Å². The molecule has 0 N–H and O–H groups in total. The molecular formula is C13H18Cl2N2O2. The van der Waals surface area contributed by atoms with Crippen LogP contribution in [0, 0.1) is 5.92 Å². The largest absolute Gasteiger partial charge is 0.425 e. The Bertz CT molecular complexity index is 404. The van der Waals surface area contributed by atoms with Crippen molar-refractivity contribution in [3.05, 3.63) is 23.5 Å². The molecule has 0 unspecified atom stereocenters. The molecule has 1 aromatic heterocycles. The van der Waals surface area contributed by atoms with Crippen molar-refractivity contribution in [2.75, 3.05) is 19.6 Å². The molecule has 0 aliphatic carbocycles. The smallest absolute Gasteiger partial charge is 0.314 e. The van der Waals surface area contributed by atoms with E-state index in [4.69, 9.17) is 16.3 Å². The Morgan fingerprint density at radius 1 is 1.47 bits per heavy atom. The summed E-state index contributed by atoms with van der Waals surface area (Å²) in [6.45, 7) is 5.12. The van der Waals surface area contributed by atoms with E-state index in [2.05, 4.69) is 16.8 Å². The van der Waals surface area contributed by atoms with Crippen LogP contribution in [0.1, 0.15) is 19.8 Å². The van der Waals surface area contributed by atoms with Gasteiger partial charge in [-0.1, -0.05) is 18.5 Å². The molecule has 0 spiro atoms. The number of hydrogen-bond donors (Lipinski definition) is 0. The van der Waals surface area contributed by atoms with Crippen LogP contribution in [-0.2, 0) is 4.79 Å². The third kappa shape index (κ3) is 4.64. The fourth-order valence-corrected chi connectivity index (χ4v) is 2.22. The van der Waals surface area contributed by atoms with Crippen molar-refractivity contribution in [1.82, 2.24) is 9.88 Å². The van der Waals surface area contributed by atoms with Crippen molar-refractivity contribution < 1.29 is 9.53 Å². The van der Waals surface area contributed by atoms with Gasteiger partial charge >= 0.3 is 5.97 Å². The molecule has 1 saturated heterocycles. The number of ether oxygens (including phenoxy) is 1. The van der Waals surface area contributed by atoms with Crippen molar-refractivity contribution in [2.45, 2.75) is 19.8 Å². The first-order valence-electron chi connectivity index (χ1n) is 6.24. The van der Waals surface area contributed by atoms with E-state index in [-0.39, 0.29) is 24.3 Å². The molecule has 19 heavy (non-hydrogen) atoms. The molecule has 4 nitrogen and oxygen atoms in total. The van der Waals surface area contributed by atoms with Gasteiger partial charge in [0.2, 0.25) is 0 Å². The third-order valence-electron chi connectivity index (χ3n) is 3.29. The molecule has 1 aliphatic rings. The second kappa shape index (κ2) is 7.68. The summed E-state index contributed by atoms with van der Waals surface area (Å²) < 4.78 is 5.30. The topological polar surface area (TPSA) is 42.4 Å². The van der Waals surface area contributed by atoms with E-state index >= 15 is 0 Å². The number of pyridine rings is 1. The number of aromatic nitrogens is 1. The Morgan fingerprint density at radius 2 is 2.16 bits per heavy atom. The van der Waals surface area contributed by atoms with Crippen LogP contribution < -0.4 is 4.74 Å². The zero-order valence-electron chi connectivity index (χ0n) is 10.8. The summed E-state index contributed by atoms with van der Waals surface area (Å²) in [6.07, 6.45) is 3.21. The van der Waals surface area contributed by atoms with Gasteiger partial charge in [0.1, 0.15) is 10.9 Å². The van der Waals surface area contributed by atoms with Gasteiger partial charge in [-0.3, -0.25) is 4.79 Å². The molecule has 0 amide bonds. The summed E-state index contributed by atoms with van der Waals surface area (Å²) in [6, 6.07) is 3.28. The SMILES string of the molecule is CCN1CCC(C(=O)Oc2ccc(Cl)nc2)CC1.Cl. The van der Waals surface area contributed by atoms with E-state index in [9.17, 15) is 4.79 Å². The maximum absolute atomic E-state index is 11.9. The molecule has 0 aromatic carbocycles. The van der Waals surface area contributed by atoms with E-state index < -0.39 is 0 Å². The van der Waals surface area contributed by atoms with Crippen molar-refractivity contribution in [1.29, 1.82) is 0 Å². The summed E-state index contributed by atoms with van der Waals surface area (Å²) in [5.74, 6) is 0.306. The third-order valence-corrected chi connectivity index (χ3v) is 3.51. The highest BCUT2D eigenvalue weighted by molar-refractivity contribution is 6.29. The fourth-order valence-electron chi connectivity index (χ4n) is 2.11. The van der Waals surface area contributed by atoms with Crippen molar-refractivity contribution in [3.8, 4) is 5.75 Å². The van der Waals surface area contributed by atoms with Crippen molar-refractivity contribution in [3.63, 3.8) is 0 Å². The number of hydrogen-bond acceptors (Lipinski definition) is 4. The van der Waals surface area contributed by atoms with Crippen molar-refractivity contribution >= 4 is 30.0 Å². The van der Waals surface area contributed by atoms with Gasteiger partial charge in [-0.25, -0.2) is 4.98 Å². The Labute approximate surface area is 124 Å². The number of carbonyl (C=O) groups excluding carboxylic acids is 1. The molecule has 0 radical (unpaired) electrons. The number of nitrogens with zero attached hydrogens (tertiary/aromatic N) is 2. The zero-order valence-corrected chi connectivity index (χ0v) is 12.4. The average molecular weight is 305 g/mol. The molecule has 2 rings (SSSR count). The number of piperidine rings is 1. The molecule has 0 bridgehead atoms. The Morgan fingerprint density at radius 3 is 2.68 bits per heavy atom. The number of halogens is 2. The lowest BCUT2D eigenvalue weighted by molar-refractivity contribution is -0.140. The van der Waals surface area contributed by atoms with Crippen LogP contribution in [-0.4, -0.2) is 35.5 Å². The van der Waals surface area contributed by atoms with E-state index in [1.807, 2.05) is 0 Å². The predicted octanol–water partition coefficient (Wildman–Crippen LogP) is 2.79. The molecule has 1 aromatic rings. The van der Waals surface area contributed by atoms with Crippen LogP contribution in [0.3, 0.4) is 0 Å². The summed E-state index contributed by atoms with van der Waals surface area (Å²) in [5, 5.41) is 0.394. The van der Waals surface area contributed by atoms with E-state index in [1.165, 1.54) is 6.20 Å². The highest BCUT2D eigenvalue weighted by Crippen LogP contribution is 2.20. The highest BCUT2D eigenvalue weighted by atomic mass is 35.5. The molecule has 6 heteroatoms.